The number of anilines is 1. The number of furan rings is 3. The quantitative estimate of drug-likeness (QED) is 0.136. The van der Waals surface area contributed by atoms with Crippen LogP contribution >= 0.6 is 0 Å². The molecule has 8 rings (SSSR count). The van der Waals surface area contributed by atoms with E-state index in [1.165, 1.54) is 12.2 Å². The van der Waals surface area contributed by atoms with Crippen molar-refractivity contribution in [3.8, 4) is 5.75 Å². The predicted molar refractivity (Wildman–Crippen MR) is 180 cm³/mol. The van der Waals surface area contributed by atoms with Gasteiger partial charge in [-0.2, -0.15) is 16.8 Å². The second-order valence-electron chi connectivity index (χ2n) is 11.5. The fourth-order valence-electron chi connectivity index (χ4n) is 6.20. The fourth-order valence-corrected chi connectivity index (χ4v) is 7.46. The van der Waals surface area contributed by atoms with Crippen LogP contribution in [0.25, 0.3) is 60.9 Å². The summed E-state index contributed by atoms with van der Waals surface area (Å²) in [6, 6.07) is 21.0. The fraction of sp³-hybridized carbons (Fsp3) is 0.0882. The van der Waals surface area contributed by atoms with E-state index in [1.807, 2.05) is 30.3 Å². The zero-order chi connectivity index (χ0) is 34.2. The van der Waals surface area contributed by atoms with Gasteiger partial charge in [-0.3, -0.25) is 18.8 Å². The van der Waals surface area contributed by atoms with Crippen LogP contribution in [0.5, 0.6) is 5.75 Å². The number of fused-ring (bicyclic) bond motifs is 8. The molecule has 0 bridgehead atoms. The van der Waals surface area contributed by atoms with Crippen LogP contribution in [0.15, 0.2) is 104 Å². The second kappa shape index (κ2) is 11.0. The second-order valence-corrected chi connectivity index (χ2v) is 14.4. The molecule has 0 atom stereocenters. The van der Waals surface area contributed by atoms with Gasteiger partial charge in [-0.1, -0.05) is 36.4 Å². The first kappa shape index (κ1) is 30.7. The lowest BCUT2D eigenvalue weighted by atomic mass is 10.1. The van der Waals surface area contributed by atoms with Gasteiger partial charge in [0.05, 0.1) is 12.1 Å². The molecule has 0 spiro atoms. The smallest absolute Gasteiger partial charge is 0.307 e. The first-order chi connectivity index (χ1) is 23.3. The highest BCUT2D eigenvalue weighted by atomic mass is 32.2. The third-order valence-electron chi connectivity index (χ3n) is 8.15. The van der Waals surface area contributed by atoms with Gasteiger partial charge in [-0.05, 0) is 42.0 Å². The molecular formula is C34H23NO12S2. The van der Waals surface area contributed by atoms with E-state index in [9.17, 15) is 35.8 Å². The lowest BCUT2D eigenvalue weighted by Crippen LogP contribution is -2.27. The number of hydrogen-bond acceptors (Lipinski definition) is 10. The number of benzene rings is 4. The van der Waals surface area contributed by atoms with E-state index in [-0.39, 0.29) is 39.8 Å². The Hall–Kier alpha value is -5.61. The molecule has 4 heterocycles. The van der Waals surface area contributed by atoms with E-state index in [0.29, 0.717) is 38.5 Å². The van der Waals surface area contributed by atoms with Gasteiger partial charge in [0.15, 0.2) is 11.6 Å². The summed E-state index contributed by atoms with van der Waals surface area (Å²) in [7, 11) is -9.24. The number of ether oxygens (including phenoxy) is 1. The molecule has 0 fully saturated rings. The normalized spacial score (nSPS) is 14.9. The van der Waals surface area contributed by atoms with Crippen LogP contribution in [0, 0.1) is 0 Å². The number of hydrogen-bond donors (Lipinski definition) is 3. The summed E-state index contributed by atoms with van der Waals surface area (Å²) in [5.41, 5.74) is 2.58. The summed E-state index contributed by atoms with van der Waals surface area (Å²) in [5, 5.41) is 13.1. The van der Waals surface area contributed by atoms with E-state index in [2.05, 4.69) is 0 Å². The molecule has 0 amide bonds. The highest BCUT2D eigenvalue weighted by Crippen LogP contribution is 2.45. The number of carboxylic acid groups (broad SMARTS) is 1. The molecule has 3 aromatic heterocycles. The number of nitrogens with zero attached hydrogens (tertiary/aromatic N) is 1. The maximum Gasteiger partial charge on any atom is 0.307 e. The Labute approximate surface area is 276 Å². The minimum Gasteiger partial charge on any atom is -0.481 e. The molecule has 0 aliphatic carbocycles. The van der Waals surface area contributed by atoms with Crippen LogP contribution in [0.1, 0.15) is 17.7 Å². The number of carboxylic acids is 1. The molecule has 0 radical (unpaired) electrons. The minimum absolute atomic E-state index is 0.00885. The molecule has 0 saturated carbocycles. The van der Waals surface area contributed by atoms with Crippen molar-refractivity contribution in [1.29, 1.82) is 0 Å². The van der Waals surface area contributed by atoms with Crippen molar-refractivity contribution in [3.05, 3.63) is 102 Å². The zero-order valence-corrected chi connectivity index (χ0v) is 26.6. The summed E-state index contributed by atoms with van der Waals surface area (Å²) in [6.07, 6.45) is 1.90. The molecule has 7 aromatic rings. The van der Waals surface area contributed by atoms with Crippen LogP contribution in [-0.2, 0) is 30.8 Å². The average Bonchev–Trinajstić information content (AvgIpc) is 3.74. The van der Waals surface area contributed by atoms with Crippen molar-refractivity contribution in [2.45, 2.75) is 12.2 Å². The Bertz CT molecular complexity index is 2820. The van der Waals surface area contributed by atoms with Crippen LogP contribution in [-0.4, -0.2) is 42.9 Å². The molecular weight excluding hydrogens is 679 g/mol. The molecule has 13 nitrogen and oxygen atoms in total. The number of carbonyl (C=O) groups is 1. The van der Waals surface area contributed by atoms with Crippen molar-refractivity contribution in [1.82, 2.24) is 0 Å². The van der Waals surface area contributed by atoms with Gasteiger partial charge < -0.3 is 23.1 Å². The molecule has 1 aliphatic rings. The SMILES string of the molecule is O=C(O)CC(=C/c1oc2cc3c(cc2c1CS(=O)(=O)O)oc1ccccc13)/C=C1/Oc2cc3c(cc2N1CS(=O)(=O)O)oc1ccccc13. The van der Waals surface area contributed by atoms with Gasteiger partial charge in [-0.25, -0.2) is 0 Å². The lowest BCUT2D eigenvalue weighted by Gasteiger charge is -2.16. The van der Waals surface area contributed by atoms with Crippen molar-refractivity contribution in [3.63, 3.8) is 0 Å². The van der Waals surface area contributed by atoms with Crippen molar-refractivity contribution in [2.24, 2.45) is 0 Å². The number of para-hydroxylation sites is 2. The number of aliphatic carboxylic acids is 1. The number of rotatable bonds is 8. The topological polar surface area (TPSA) is 198 Å². The summed E-state index contributed by atoms with van der Waals surface area (Å²) in [4.78, 5) is 13.2. The molecule has 49 heavy (non-hydrogen) atoms. The highest BCUT2D eigenvalue weighted by molar-refractivity contribution is 7.85. The van der Waals surface area contributed by atoms with E-state index in [1.54, 1.807) is 42.5 Å². The summed E-state index contributed by atoms with van der Waals surface area (Å²) < 4.78 is 92.3. The third kappa shape index (κ3) is 5.67. The van der Waals surface area contributed by atoms with E-state index in [4.69, 9.17) is 18.0 Å². The Kier molecular flexibility index (Phi) is 6.87. The van der Waals surface area contributed by atoms with Gasteiger partial charge in [0, 0.05) is 44.6 Å². The summed E-state index contributed by atoms with van der Waals surface area (Å²) >= 11 is 0. The largest absolute Gasteiger partial charge is 0.481 e. The average molecular weight is 702 g/mol. The molecule has 1 aliphatic heterocycles. The van der Waals surface area contributed by atoms with E-state index >= 15 is 0 Å². The van der Waals surface area contributed by atoms with Crippen LogP contribution < -0.4 is 9.64 Å². The van der Waals surface area contributed by atoms with E-state index < -0.39 is 44.3 Å². The minimum atomic E-state index is -4.64. The van der Waals surface area contributed by atoms with Crippen LogP contribution in [0.3, 0.4) is 0 Å². The molecule has 4 aromatic carbocycles. The highest BCUT2D eigenvalue weighted by Gasteiger charge is 2.32. The van der Waals surface area contributed by atoms with Crippen molar-refractivity contribution in [2.75, 3.05) is 10.8 Å². The van der Waals surface area contributed by atoms with Crippen molar-refractivity contribution < 1.29 is 53.8 Å². The predicted octanol–water partition coefficient (Wildman–Crippen LogP) is 7.06. The lowest BCUT2D eigenvalue weighted by molar-refractivity contribution is -0.136. The van der Waals surface area contributed by atoms with Gasteiger partial charge >= 0.3 is 5.97 Å². The first-order valence-corrected chi connectivity index (χ1v) is 17.8. The van der Waals surface area contributed by atoms with Gasteiger partial charge in [0.25, 0.3) is 20.2 Å². The molecule has 15 heteroatoms. The van der Waals surface area contributed by atoms with Crippen LogP contribution in [0.4, 0.5) is 5.69 Å². The van der Waals surface area contributed by atoms with Gasteiger partial charge in [0.1, 0.15) is 39.4 Å². The van der Waals surface area contributed by atoms with Crippen LogP contribution in [0.2, 0.25) is 0 Å². The Morgan fingerprint density at radius 1 is 0.714 bits per heavy atom. The van der Waals surface area contributed by atoms with Gasteiger partial charge in [0.2, 0.25) is 5.88 Å². The number of allylic oxidation sites excluding steroid dienone is 1. The maximum atomic E-state index is 12.2. The first-order valence-electron chi connectivity index (χ1n) is 14.6. The summed E-state index contributed by atoms with van der Waals surface area (Å²) in [5.74, 6) is -3.08. The Morgan fingerprint density at radius 2 is 1.31 bits per heavy atom. The summed E-state index contributed by atoms with van der Waals surface area (Å²) in [6.45, 7) is 0. The Balaban J connectivity index is 1.29. The molecule has 0 saturated heterocycles. The standard InChI is InChI=1S/C34H23NO12S2/c36-34(37)11-18(9-28-24(16-48(38,39)40)23-13-29-21(12-30(23)46-28)19-5-1-3-7-26(19)44-29)10-33-35(17-49(41,42)43)25-15-31-22(14-32(25)47-33)20-6-2-4-8-27(20)45-31/h1-10,12-15H,11,16-17H2,(H,36,37)(H,38,39,40)(H,41,42,43)/b18-9+,33-10+. The monoisotopic (exact) mass is 701 g/mol. The van der Waals surface area contributed by atoms with Gasteiger partial charge in [-0.15, -0.1) is 0 Å². The molecule has 248 valence electrons. The molecule has 3 N–H and O–H groups in total. The zero-order valence-electron chi connectivity index (χ0n) is 25.0. The Morgan fingerprint density at radius 3 is 1.94 bits per heavy atom. The molecule has 0 unspecified atom stereocenters. The third-order valence-corrected chi connectivity index (χ3v) is 9.39. The van der Waals surface area contributed by atoms with Crippen molar-refractivity contribution >= 4 is 92.8 Å². The maximum absolute atomic E-state index is 12.2. The van der Waals surface area contributed by atoms with E-state index in [0.717, 1.165) is 15.7 Å².